The highest BCUT2D eigenvalue weighted by molar-refractivity contribution is 5.69. The highest BCUT2D eigenvalue weighted by atomic mass is 16.5. The molecule has 0 bridgehead atoms. The molecule has 0 aliphatic heterocycles. The van der Waals surface area contributed by atoms with Gasteiger partial charge in [-0.1, -0.05) is 141 Å². The first-order chi connectivity index (χ1) is 20.6. The Morgan fingerprint density at radius 2 is 0.929 bits per heavy atom. The SMILES string of the molecule is CCCCC/C=C\C/C=C\CCCCCCCCCC(=O)OC(CCCCCCC)CCCCCCCCCC(=O)O. The minimum absolute atomic E-state index is 0.00887. The Labute approximate surface area is 261 Å². The number of allylic oxidation sites excluding steroid dienone is 4. The van der Waals surface area contributed by atoms with Gasteiger partial charge in [0.15, 0.2) is 0 Å². The summed E-state index contributed by atoms with van der Waals surface area (Å²) >= 11 is 0. The molecule has 0 fully saturated rings. The van der Waals surface area contributed by atoms with Crippen molar-refractivity contribution in [3.05, 3.63) is 24.3 Å². The number of carbonyl (C=O) groups is 2. The predicted octanol–water partition coefficient (Wildman–Crippen LogP) is 12.4. The third-order valence-corrected chi connectivity index (χ3v) is 8.18. The van der Waals surface area contributed by atoms with Crippen molar-refractivity contribution < 1.29 is 19.4 Å². The van der Waals surface area contributed by atoms with Crippen molar-refractivity contribution in [2.45, 2.75) is 206 Å². The van der Waals surface area contributed by atoms with E-state index >= 15 is 0 Å². The second-order valence-electron chi connectivity index (χ2n) is 12.4. The molecule has 0 amide bonds. The van der Waals surface area contributed by atoms with Crippen LogP contribution >= 0.6 is 0 Å². The van der Waals surface area contributed by atoms with E-state index in [4.69, 9.17) is 9.84 Å². The van der Waals surface area contributed by atoms with Gasteiger partial charge in [0.05, 0.1) is 0 Å². The van der Waals surface area contributed by atoms with E-state index in [1.54, 1.807) is 0 Å². The van der Waals surface area contributed by atoms with Crippen LogP contribution in [0.1, 0.15) is 200 Å². The van der Waals surface area contributed by atoms with Gasteiger partial charge in [-0.05, 0) is 70.6 Å². The minimum Gasteiger partial charge on any atom is -0.481 e. The molecule has 0 aliphatic rings. The fraction of sp³-hybridized carbons (Fsp3) is 0.842. The van der Waals surface area contributed by atoms with E-state index in [1.807, 2.05) is 0 Å². The molecule has 0 aromatic carbocycles. The number of carboxylic acid groups (broad SMARTS) is 1. The Hall–Kier alpha value is -1.58. The van der Waals surface area contributed by atoms with E-state index in [-0.39, 0.29) is 12.1 Å². The smallest absolute Gasteiger partial charge is 0.306 e. The monoisotopic (exact) mass is 591 g/mol. The van der Waals surface area contributed by atoms with E-state index in [9.17, 15) is 9.59 Å². The van der Waals surface area contributed by atoms with Crippen LogP contribution < -0.4 is 0 Å². The van der Waals surface area contributed by atoms with Crippen LogP contribution in [0.15, 0.2) is 24.3 Å². The molecule has 1 N–H and O–H groups in total. The maximum atomic E-state index is 12.6. The van der Waals surface area contributed by atoms with E-state index in [0.29, 0.717) is 12.8 Å². The van der Waals surface area contributed by atoms with Gasteiger partial charge in [0.2, 0.25) is 0 Å². The number of ether oxygens (including phenoxy) is 1. The lowest BCUT2D eigenvalue weighted by molar-refractivity contribution is -0.150. The maximum Gasteiger partial charge on any atom is 0.306 e. The molecule has 1 atom stereocenters. The largest absolute Gasteiger partial charge is 0.481 e. The average Bonchev–Trinajstić information content (AvgIpc) is 2.97. The third kappa shape index (κ3) is 32.9. The van der Waals surface area contributed by atoms with Gasteiger partial charge in [0, 0.05) is 12.8 Å². The number of hydrogen-bond acceptors (Lipinski definition) is 3. The number of aliphatic carboxylic acids is 1. The zero-order valence-electron chi connectivity index (χ0n) is 28.1. The normalized spacial score (nSPS) is 12.4. The van der Waals surface area contributed by atoms with E-state index in [2.05, 4.69) is 38.2 Å². The van der Waals surface area contributed by atoms with Crippen molar-refractivity contribution in [2.75, 3.05) is 0 Å². The fourth-order valence-corrected chi connectivity index (χ4v) is 5.45. The van der Waals surface area contributed by atoms with Crippen LogP contribution in [0.4, 0.5) is 0 Å². The van der Waals surface area contributed by atoms with E-state index in [0.717, 1.165) is 64.2 Å². The van der Waals surface area contributed by atoms with Crippen molar-refractivity contribution in [1.29, 1.82) is 0 Å². The van der Waals surface area contributed by atoms with Crippen molar-refractivity contribution >= 4 is 11.9 Å². The minimum atomic E-state index is -0.688. The quantitative estimate of drug-likeness (QED) is 0.0469. The molecule has 42 heavy (non-hydrogen) atoms. The van der Waals surface area contributed by atoms with Gasteiger partial charge in [-0.25, -0.2) is 0 Å². The standard InChI is InChI=1S/C38H70O4/c1-3-5-7-9-10-11-12-13-14-15-16-17-18-19-23-27-31-35-38(41)42-36(32-28-24-8-6-4-2)33-29-25-21-20-22-26-30-34-37(39)40/h10-11,13-14,36H,3-9,12,15-35H2,1-2H3,(H,39,40)/b11-10-,14-13-. The van der Waals surface area contributed by atoms with E-state index < -0.39 is 5.97 Å². The summed E-state index contributed by atoms with van der Waals surface area (Å²) in [7, 11) is 0. The molecular weight excluding hydrogens is 520 g/mol. The number of rotatable bonds is 33. The molecule has 0 saturated heterocycles. The van der Waals surface area contributed by atoms with Crippen LogP contribution in [0, 0.1) is 0 Å². The second kappa shape index (κ2) is 33.9. The summed E-state index contributed by atoms with van der Waals surface area (Å²) in [6.07, 6.45) is 42.0. The van der Waals surface area contributed by atoms with Gasteiger partial charge in [-0.15, -0.1) is 0 Å². The van der Waals surface area contributed by atoms with Crippen LogP contribution in [0.25, 0.3) is 0 Å². The molecule has 1 unspecified atom stereocenters. The van der Waals surface area contributed by atoms with Gasteiger partial charge >= 0.3 is 11.9 Å². The fourth-order valence-electron chi connectivity index (χ4n) is 5.45. The lowest BCUT2D eigenvalue weighted by Crippen LogP contribution is -2.18. The van der Waals surface area contributed by atoms with Crippen molar-refractivity contribution in [3.63, 3.8) is 0 Å². The molecule has 0 aliphatic carbocycles. The van der Waals surface area contributed by atoms with Crippen LogP contribution in [-0.4, -0.2) is 23.1 Å². The Kier molecular flexibility index (Phi) is 32.6. The Bertz CT molecular complexity index is 639. The lowest BCUT2D eigenvalue weighted by Gasteiger charge is -2.18. The molecule has 4 heteroatoms. The average molecular weight is 591 g/mol. The Morgan fingerprint density at radius 1 is 0.524 bits per heavy atom. The van der Waals surface area contributed by atoms with Gasteiger partial charge in [-0.3, -0.25) is 9.59 Å². The van der Waals surface area contributed by atoms with Crippen molar-refractivity contribution in [3.8, 4) is 0 Å². The third-order valence-electron chi connectivity index (χ3n) is 8.18. The molecule has 0 rings (SSSR count). The second-order valence-corrected chi connectivity index (χ2v) is 12.4. The molecule has 0 aromatic rings. The topological polar surface area (TPSA) is 63.6 Å². The molecule has 0 saturated carbocycles. The van der Waals surface area contributed by atoms with Gasteiger partial charge < -0.3 is 9.84 Å². The highest BCUT2D eigenvalue weighted by Gasteiger charge is 2.14. The van der Waals surface area contributed by atoms with Gasteiger partial charge in [-0.2, -0.15) is 0 Å². The first-order valence-corrected chi connectivity index (χ1v) is 18.3. The number of carbonyl (C=O) groups excluding carboxylic acids is 1. The van der Waals surface area contributed by atoms with Gasteiger partial charge in [0.25, 0.3) is 0 Å². The number of carboxylic acids is 1. The first kappa shape index (κ1) is 40.4. The number of hydrogen-bond donors (Lipinski definition) is 1. The Morgan fingerprint density at radius 3 is 1.45 bits per heavy atom. The summed E-state index contributed by atoms with van der Waals surface area (Å²) < 4.78 is 5.96. The maximum absolute atomic E-state index is 12.6. The Balaban J connectivity index is 3.87. The zero-order chi connectivity index (χ0) is 30.8. The molecule has 246 valence electrons. The van der Waals surface area contributed by atoms with Crippen LogP contribution in [0.3, 0.4) is 0 Å². The van der Waals surface area contributed by atoms with Crippen LogP contribution in [-0.2, 0) is 14.3 Å². The molecule has 0 aromatic heterocycles. The number of esters is 1. The highest BCUT2D eigenvalue weighted by Crippen LogP contribution is 2.18. The van der Waals surface area contributed by atoms with Crippen LogP contribution in [0.5, 0.6) is 0 Å². The lowest BCUT2D eigenvalue weighted by atomic mass is 10.0. The summed E-state index contributed by atoms with van der Waals surface area (Å²) in [6, 6.07) is 0. The van der Waals surface area contributed by atoms with Crippen molar-refractivity contribution in [2.24, 2.45) is 0 Å². The van der Waals surface area contributed by atoms with E-state index in [1.165, 1.54) is 109 Å². The molecular formula is C38H70O4. The van der Waals surface area contributed by atoms with Gasteiger partial charge in [0.1, 0.15) is 6.10 Å². The summed E-state index contributed by atoms with van der Waals surface area (Å²) in [5.41, 5.74) is 0. The summed E-state index contributed by atoms with van der Waals surface area (Å²) in [4.78, 5) is 23.2. The summed E-state index contributed by atoms with van der Waals surface area (Å²) in [6.45, 7) is 4.49. The predicted molar refractivity (Wildman–Crippen MR) is 181 cm³/mol. The summed E-state index contributed by atoms with van der Waals surface area (Å²) in [5, 5.41) is 8.72. The summed E-state index contributed by atoms with van der Waals surface area (Å²) in [5.74, 6) is -0.679. The molecule has 4 nitrogen and oxygen atoms in total. The zero-order valence-corrected chi connectivity index (χ0v) is 28.1. The van der Waals surface area contributed by atoms with Crippen molar-refractivity contribution in [1.82, 2.24) is 0 Å². The van der Waals surface area contributed by atoms with Crippen LogP contribution in [0.2, 0.25) is 0 Å². The molecule has 0 radical (unpaired) electrons. The number of unbranched alkanes of at least 4 members (excludes halogenated alkanes) is 20. The molecule has 0 heterocycles. The molecule has 0 spiro atoms. The first-order valence-electron chi connectivity index (χ1n) is 18.3.